The summed E-state index contributed by atoms with van der Waals surface area (Å²) in [7, 11) is 0. The van der Waals surface area contributed by atoms with Gasteiger partial charge in [0.25, 0.3) is 0 Å². The lowest BCUT2D eigenvalue weighted by Crippen LogP contribution is -1.97. The van der Waals surface area contributed by atoms with Gasteiger partial charge in [-0.25, -0.2) is 4.79 Å². The topological polar surface area (TPSA) is 77.8 Å². The summed E-state index contributed by atoms with van der Waals surface area (Å²) in [5.74, 6) is -2.55. The molecule has 0 saturated carbocycles. The van der Waals surface area contributed by atoms with Crippen LogP contribution in [0.4, 0.5) is 0 Å². The van der Waals surface area contributed by atoms with Crippen molar-refractivity contribution in [2.45, 2.75) is 0 Å². The fourth-order valence-corrected chi connectivity index (χ4v) is 0.923. The highest BCUT2D eigenvalue weighted by Gasteiger charge is 2.17. The summed E-state index contributed by atoms with van der Waals surface area (Å²) in [6.07, 6.45) is 0. The first kappa shape index (κ1) is 8.67. The van der Waals surface area contributed by atoms with Crippen molar-refractivity contribution >= 4 is 17.6 Å². The van der Waals surface area contributed by atoms with E-state index in [9.17, 15) is 4.79 Å². The van der Waals surface area contributed by atoms with Crippen LogP contribution in [-0.4, -0.2) is 21.3 Å². The van der Waals surface area contributed by atoms with Crippen LogP contribution < -0.4 is 0 Å². The van der Waals surface area contributed by atoms with Crippen molar-refractivity contribution in [1.29, 1.82) is 0 Å². The van der Waals surface area contributed by atoms with E-state index in [0.717, 1.165) is 6.07 Å². The first-order valence-electron chi connectivity index (χ1n) is 2.97. The van der Waals surface area contributed by atoms with E-state index in [1.165, 1.54) is 6.07 Å². The van der Waals surface area contributed by atoms with Gasteiger partial charge in [0.15, 0.2) is 5.75 Å². The first-order chi connectivity index (χ1) is 5.54. The summed E-state index contributed by atoms with van der Waals surface area (Å²) in [5, 5.41) is 26.4. The third-order valence-electron chi connectivity index (χ3n) is 1.32. The zero-order chi connectivity index (χ0) is 9.30. The van der Waals surface area contributed by atoms with Gasteiger partial charge in [0.2, 0.25) is 0 Å². The lowest BCUT2D eigenvalue weighted by Gasteiger charge is -2.02. The van der Waals surface area contributed by atoms with E-state index < -0.39 is 23.0 Å². The van der Waals surface area contributed by atoms with Crippen LogP contribution >= 0.6 is 11.6 Å². The van der Waals surface area contributed by atoms with Gasteiger partial charge in [0.05, 0.1) is 5.02 Å². The van der Waals surface area contributed by atoms with Crippen molar-refractivity contribution in [3.63, 3.8) is 0 Å². The fourth-order valence-electron chi connectivity index (χ4n) is 0.766. The summed E-state index contributed by atoms with van der Waals surface area (Å²) in [6, 6.07) is 2.31. The average molecular weight is 189 g/mol. The maximum absolute atomic E-state index is 10.4. The summed E-state index contributed by atoms with van der Waals surface area (Å²) >= 11 is 5.41. The normalized spacial score (nSPS) is 9.75. The van der Waals surface area contributed by atoms with Gasteiger partial charge in [-0.05, 0) is 12.1 Å². The predicted molar refractivity (Wildman–Crippen MR) is 41.7 cm³/mol. The van der Waals surface area contributed by atoms with Crippen LogP contribution in [0.2, 0.25) is 5.02 Å². The minimum Gasteiger partial charge on any atom is -0.507 e. The summed E-state index contributed by atoms with van der Waals surface area (Å²) in [5.41, 5.74) is -0.581. The molecule has 0 saturated heterocycles. The Bertz CT molecular complexity index is 334. The van der Waals surface area contributed by atoms with Crippen LogP contribution in [0.1, 0.15) is 10.4 Å². The standard InChI is InChI=1S/C7H5ClO4/c8-3-1-2-4(9)5(6(3)10)7(11)12/h1-2,9-10H,(H,11,12). The molecule has 1 rings (SSSR count). The van der Waals surface area contributed by atoms with E-state index in [0.29, 0.717) is 0 Å². The van der Waals surface area contributed by atoms with E-state index in [1.807, 2.05) is 0 Å². The molecule has 5 heteroatoms. The van der Waals surface area contributed by atoms with Crippen molar-refractivity contribution in [2.24, 2.45) is 0 Å². The van der Waals surface area contributed by atoms with E-state index in [4.69, 9.17) is 26.9 Å². The highest BCUT2D eigenvalue weighted by molar-refractivity contribution is 6.32. The zero-order valence-corrected chi connectivity index (χ0v) is 6.54. The van der Waals surface area contributed by atoms with Crippen LogP contribution in [0, 0.1) is 0 Å². The molecule has 12 heavy (non-hydrogen) atoms. The molecule has 4 nitrogen and oxygen atoms in total. The summed E-state index contributed by atoms with van der Waals surface area (Å²) < 4.78 is 0. The molecule has 0 aliphatic rings. The average Bonchev–Trinajstić information content (AvgIpc) is 1.97. The van der Waals surface area contributed by atoms with Gasteiger partial charge in [-0.3, -0.25) is 0 Å². The number of carboxylic acid groups (broad SMARTS) is 1. The van der Waals surface area contributed by atoms with Gasteiger partial charge in [-0.2, -0.15) is 0 Å². The summed E-state index contributed by atoms with van der Waals surface area (Å²) in [6.45, 7) is 0. The molecular weight excluding hydrogens is 184 g/mol. The van der Waals surface area contributed by atoms with Crippen LogP contribution in [0.15, 0.2) is 12.1 Å². The molecule has 0 fully saturated rings. The second kappa shape index (κ2) is 2.91. The first-order valence-corrected chi connectivity index (χ1v) is 3.35. The lowest BCUT2D eigenvalue weighted by atomic mass is 10.2. The highest BCUT2D eigenvalue weighted by atomic mass is 35.5. The van der Waals surface area contributed by atoms with Crippen LogP contribution in [0.5, 0.6) is 11.5 Å². The Hall–Kier alpha value is -1.42. The maximum Gasteiger partial charge on any atom is 0.343 e. The third-order valence-corrected chi connectivity index (χ3v) is 1.63. The molecule has 0 unspecified atom stereocenters. The zero-order valence-electron chi connectivity index (χ0n) is 5.78. The van der Waals surface area contributed by atoms with Crippen molar-refractivity contribution in [2.75, 3.05) is 0 Å². The number of rotatable bonds is 1. The Morgan fingerprint density at radius 3 is 2.33 bits per heavy atom. The number of carbonyl (C=O) groups is 1. The molecule has 0 heterocycles. The molecule has 0 aromatic heterocycles. The predicted octanol–water partition coefficient (Wildman–Crippen LogP) is 1.45. The number of carboxylic acids is 1. The Balaban J connectivity index is 3.43. The highest BCUT2D eigenvalue weighted by Crippen LogP contribution is 2.33. The Labute approximate surface area is 72.6 Å². The van der Waals surface area contributed by atoms with Gasteiger partial charge in [-0.1, -0.05) is 11.6 Å². The minimum absolute atomic E-state index is 0.106. The Morgan fingerprint density at radius 2 is 1.92 bits per heavy atom. The summed E-state index contributed by atoms with van der Waals surface area (Å²) in [4.78, 5) is 10.4. The second-order valence-electron chi connectivity index (χ2n) is 2.10. The largest absolute Gasteiger partial charge is 0.507 e. The Morgan fingerprint density at radius 1 is 1.33 bits per heavy atom. The number of phenols is 2. The molecule has 0 aliphatic carbocycles. The van der Waals surface area contributed by atoms with Gasteiger partial charge >= 0.3 is 5.97 Å². The molecule has 0 spiro atoms. The smallest absolute Gasteiger partial charge is 0.343 e. The molecule has 0 radical (unpaired) electrons. The van der Waals surface area contributed by atoms with Crippen LogP contribution in [-0.2, 0) is 0 Å². The molecule has 0 atom stereocenters. The van der Waals surface area contributed by atoms with Crippen molar-refractivity contribution < 1.29 is 20.1 Å². The van der Waals surface area contributed by atoms with Crippen LogP contribution in [0.3, 0.4) is 0 Å². The van der Waals surface area contributed by atoms with Gasteiger partial charge in [0.1, 0.15) is 11.3 Å². The maximum atomic E-state index is 10.4. The third kappa shape index (κ3) is 1.29. The lowest BCUT2D eigenvalue weighted by molar-refractivity contribution is 0.0690. The minimum atomic E-state index is -1.42. The van der Waals surface area contributed by atoms with Gasteiger partial charge < -0.3 is 15.3 Å². The number of hydrogen-bond acceptors (Lipinski definition) is 3. The number of aromatic hydroxyl groups is 2. The number of halogens is 1. The van der Waals surface area contributed by atoms with E-state index in [-0.39, 0.29) is 5.02 Å². The fraction of sp³-hybridized carbons (Fsp3) is 0. The molecule has 0 amide bonds. The molecule has 0 aliphatic heterocycles. The number of aromatic carboxylic acids is 1. The number of hydrogen-bond donors (Lipinski definition) is 3. The molecule has 1 aromatic carbocycles. The van der Waals surface area contributed by atoms with Gasteiger partial charge in [0, 0.05) is 0 Å². The molecule has 3 N–H and O–H groups in total. The number of benzene rings is 1. The van der Waals surface area contributed by atoms with Crippen molar-refractivity contribution in [3.05, 3.63) is 22.7 Å². The quantitative estimate of drug-likeness (QED) is 0.623. The van der Waals surface area contributed by atoms with E-state index >= 15 is 0 Å². The van der Waals surface area contributed by atoms with Crippen molar-refractivity contribution in [3.8, 4) is 11.5 Å². The molecular formula is C7H5ClO4. The molecule has 1 aromatic rings. The van der Waals surface area contributed by atoms with E-state index in [2.05, 4.69) is 0 Å². The molecule has 64 valence electrons. The monoisotopic (exact) mass is 188 g/mol. The van der Waals surface area contributed by atoms with Crippen LogP contribution in [0.25, 0.3) is 0 Å². The SMILES string of the molecule is O=C(O)c1c(O)ccc(Cl)c1O. The second-order valence-corrected chi connectivity index (χ2v) is 2.50. The Kier molecular flexibility index (Phi) is 2.10. The van der Waals surface area contributed by atoms with E-state index in [1.54, 1.807) is 0 Å². The van der Waals surface area contributed by atoms with Gasteiger partial charge in [-0.15, -0.1) is 0 Å². The molecule has 0 bridgehead atoms. The van der Waals surface area contributed by atoms with Crippen molar-refractivity contribution in [1.82, 2.24) is 0 Å².